The van der Waals surface area contributed by atoms with Crippen molar-refractivity contribution in [3.8, 4) is 56.2 Å². The molecule has 0 bridgehead atoms. The lowest BCUT2D eigenvalue weighted by Crippen LogP contribution is -1.96. The van der Waals surface area contributed by atoms with Gasteiger partial charge in [0.05, 0.1) is 11.4 Å². The molecule has 202 valence electrons. The molecule has 0 atom stereocenters. The van der Waals surface area contributed by atoms with Gasteiger partial charge in [0.25, 0.3) is 0 Å². The van der Waals surface area contributed by atoms with E-state index in [1.54, 1.807) is 0 Å². The number of para-hydroxylation sites is 1. The van der Waals surface area contributed by atoms with Gasteiger partial charge in [-0.2, -0.15) is 0 Å². The molecule has 6 aromatic carbocycles. The van der Waals surface area contributed by atoms with Crippen LogP contribution in [0.1, 0.15) is 0 Å². The Morgan fingerprint density at radius 1 is 0.395 bits per heavy atom. The van der Waals surface area contributed by atoms with E-state index in [1.807, 2.05) is 54.6 Å². The van der Waals surface area contributed by atoms with E-state index in [-0.39, 0.29) is 0 Å². The standard InChI is InChI=1S/C40H26N2O/c1-4-12-27(13-5-1)28-20-22-29(23-21-28)32-24-25-34(38-33-18-10-11-19-37(33)43-39(32)38)40-41-35(30-14-6-2-7-15-30)26-36(42-40)31-16-8-3-9-17-31/h1-26H. The lowest BCUT2D eigenvalue weighted by Gasteiger charge is -2.12. The van der Waals surface area contributed by atoms with Gasteiger partial charge in [-0.25, -0.2) is 9.97 Å². The highest BCUT2D eigenvalue weighted by Gasteiger charge is 2.20. The summed E-state index contributed by atoms with van der Waals surface area (Å²) in [4.78, 5) is 10.3. The molecule has 0 radical (unpaired) electrons. The third kappa shape index (κ3) is 4.58. The van der Waals surface area contributed by atoms with Crippen molar-refractivity contribution in [2.75, 3.05) is 0 Å². The van der Waals surface area contributed by atoms with Crippen LogP contribution in [-0.2, 0) is 0 Å². The fraction of sp³-hybridized carbons (Fsp3) is 0. The molecule has 0 fully saturated rings. The van der Waals surface area contributed by atoms with E-state index in [9.17, 15) is 0 Å². The first-order chi connectivity index (χ1) is 21.3. The van der Waals surface area contributed by atoms with Crippen LogP contribution in [0.3, 0.4) is 0 Å². The Kier molecular flexibility index (Phi) is 6.12. The van der Waals surface area contributed by atoms with Crippen molar-refractivity contribution in [3.05, 3.63) is 158 Å². The minimum Gasteiger partial charge on any atom is -0.455 e. The van der Waals surface area contributed by atoms with Crippen molar-refractivity contribution in [2.45, 2.75) is 0 Å². The lowest BCUT2D eigenvalue weighted by atomic mass is 9.96. The van der Waals surface area contributed by atoms with Crippen LogP contribution in [0.25, 0.3) is 78.1 Å². The van der Waals surface area contributed by atoms with Gasteiger partial charge < -0.3 is 4.42 Å². The third-order valence-electron chi connectivity index (χ3n) is 7.94. The molecule has 2 aromatic heterocycles. The molecule has 3 nitrogen and oxygen atoms in total. The zero-order valence-electron chi connectivity index (χ0n) is 23.3. The molecule has 8 rings (SSSR count). The highest BCUT2D eigenvalue weighted by molar-refractivity contribution is 6.15. The van der Waals surface area contributed by atoms with E-state index in [4.69, 9.17) is 14.4 Å². The zero-order chi connectivity index (χ0) is 28.6. The van der Waals surface area contributed by atoms with E-state index in [2.05, 4.69) is 103 Å². The molecule has 0 unspecified atom stereocenters. The van der Waals surface area contributed by atoms with Gasteiger partial charge in [-0.1, -0.05) is 133 Å². The molecular weight excluding hydrogens is 524 g/mol. The van der Waals surface area contributed by atoms with Gasteiger partial charge in [-0.15, -0.1) is 0 Å². The Morgan fingerprint density at radius 2 is 0.884 bits per heavy atom. The maximum absolute atomic E-state index is 6.59. The molecule has 0 aliphatic carbocycles. The summed E-state index contributed by atoms with van der Waals surface area (Å²) in [6.45, 7) is 0. The smallest absolute Gasteiger partial charge is 0.161 e. The summed E-state index contributed by atoms with van der Waals surface area (Å²) in [7, 11) is 0. The average molecular weight is 551 g/mol. The second kappa shape index (κ2) is 10.6. The molecular formula is C40H26N2O. The number of furan rings is 1. The second-order valence-electron chi connectivity index (χ2n) is 10.6. The number of hydrogen-bond donors (Lipinski definition) is 0. The van der Waals surface area contributed by atoms with E-state index in [0.29, 0.717) is 5.82 Å². The molecule has 0 saturated heterocycles. The van der Waals surface area contributed by atoms with Gasteiger partial charge in [0.15, 0.2) is 5.82 Å². The van der Waals surface area contributed by atoms with Gasteiger partial charge in [0.1, 0.15) is 11.2 Å². The van der Waals surface area contributed by atoms with E-state index in [0.717, 1.165) is 61.1 Å². The van der Waals surface area contributed by atoms with E-state index in [1.165, 1.54) is 11.1 Å². The van der Waals surface area contributed by atoms with Crippen LogP contribution < -0.4 is 0 Å². The van der Waals surface area contributed by atoms with Gasteiger partial charge in [-0.05, 0) is 41.0 Å². The summed E-state index contributed by atoms with van der Waals surface area (Å²) in [5.41, 5.74) is 11.0. The van der Waals surface area contributed by atoms with E-state index < -0.39 is 0 Å². The predicted molar refractivity (Wildman–Crippen MR) is 176 cm³/mol. The predicted octanol–water partition coefficient (Wildman–Crippen LogP) is 10.7. The zero-order valence-corrected chi connectivity index (χ0v) is 23.3. The lowest BCUT2D eigenvalue weighted by molar-refractivity contribution is 0.670. The van der Waals surface area contributed by atoms with Crippen LogP contribution in [0.2, 0.25) is 0 Å². The molecule has 3 heteroatoms. The van der Waals surface area contributed by atoms with E-state index >= 15 is 0 Å². The van der Waals surface area contributed by atoms with Crippen LogP contribution in [0.4, 0.5) is 0 Å². The fourth-order valence-corrected chi connectivity index (χ4v) is 5.80. The molecule has 0 aliphatic rings. The molecule has 0 aliphatic heterocycles. The Morgan fingerprint density at radius 3 is 1.51 bits per heavy atom. The van der Waals surface area contributed by atoms with Gasteiger partial charge in [0, 0.05) is 33.0 Å². The fourth-order valence-electron chi connectivity index (χ4n) is 5.80. The summed E-state index contributed by atoms with van der Waals surface area (Å²) < 4.78 is 6.59. The molecule has 0 N–H and O–H groups in total. The molecule has 0 spiro atoms. The van der Waals surface area contributed by atoms with Crippen molar-refractivity contribution in [1.82, 2.24) is 9.97 Å². The monoisotopic (exact) mass is 550 g/mol. The molecule has 8 aromatic rings. The molecule has 0 saturated carbocycles. The maximum atomic E-state index is 6.59. The van der Waals surface area contributed by atoms with Crippen molar-refractivity contribution < 1.29 is 4.42 Å². The average Bonchev–Trinajstić information content (AvgIpc) is 3.49. The number of rotatable bonds is 5. The minimum absolute atomic E-state index is 0.669. The largest absolute Gasteiger partial charge is 0.455 e. The Hall–Kier alpha value is -5.80. The topological polar surface area (TPSA) is 38.9 Å². The van der Waals surface area contributed by atoms with Gasteiger partial charge in [-0.3, -0.25) is 0 Å². The Labute approximate surface area is 249 Å². The first-order valence-electron chi connectivity index (χ1n) is 14.4. The highest BCUT2D eigenvalue weighted by atomic mass is 16.3. The van der Waals surface area contributed by atoms with Crippen molar-refractivity contribution in [1.29, 1.82) is 0 Å². The summed E-state index contributed by atoms with van der Waals surface area (Å²) in [6.07, 6.45) is 0. The quantitative estimate of drug-likeness (QED) is 0.214. The summed E-state index contributed by atoms with van der Waals surface area (Å²) >= 11 is 0. The van der Waals surface area contributed by atoms with Crippen molar-refractivity contribution in [2.24, 2.45) is 0 Å². The van der Waals surface area contributed by atoms with Gasteiger partial charge >= 0.3 is 0 Å². The minimum atomic E-state index is 0.669. The normalized spacial score (nSPS) is 11.3. The van der Waals surface area contributed by atoms with Crippen molar-refractivity contribution in [3.63, 3.8) is 0 Å². The molecule has 43 heavy (non-hydrogen) atoms. The number of aromatic nitrogens is 2. The highest BCUT2D eigenvalue weighted by Crippen LogP contribution is 2.42. The number of benzene rings is 6. The number of hydrogen-bond acceptors (Lipinski definition) is 3. The van der Waals surface area contributed by atoms with Crippen LogP contribution >= 0.6 is 0 Å². The van der Waals surface area contributed by atoms with Crippen molar-refractivity contribution >= 4 is 21.9 Å². The Balaban J connectivity index is 1.34. The maximum Gasteiger partial charge on any atom is 0.161 e. The summed E-state index contributed by atoms with van der Waals surface area (Å²) in [6, 6.07) is 54.3. The number of fused-ring (bicyclic) bond motifs is 3. The van der Waals surface area contributed by atoms with Gasteiger partial charge in [0.2, 0.25) is 0 Å². The molecule has 2 heterocycles. The third-order valence-corrected chi connectivity index (χ3v) is 7.94. The summed E-state index contributed by atoms with van der Waals surface area (Å²) in [5.74, 6) is 0.669. The number of nitrogens with zero attached hydrogens (tertiary/aromatic N) is 2. The Bertz CT molecular complexity index is 2140. The van der Waals surface area contributed by atoms with Crippen LogP contribution in [0, 0.1) is 0 Å². The first-order valence-corrected chi connectivity index (χ1v) is 14.4. The SMILES string of the molecule is c1ccc(-c2ccc(-c3ccc(-c4nc(-c5ccccc5)cc(-c5ccccc5)n4)c4c3oc3ccccc34)cc2)cc1. The molecule has 0 amide bonds. The van der Waals surface area contributed by atoms with Crippen LogP contribution in [-0.4, -0.2) is 9.97 Å². The summed E-state index contributed by atoms with van der Waals surface area (Å²) in [5, 5.41) is 2.06. The van der Waals surface area contributed by atoms with Crippen LogP contribution in [0.5, 0.6) is 0 Å². The first kappa shape index (κ1) is 25.0. The van der Waals surface area contributed by atoms with Crippen LogP contribution in [0.15, 0.2) is 162 Å². The second-order valence-corrected chi connectivity index (χ2v) is 10.6.